The molecule has 1 aromatic rings. The largest absolute Gasteiger partial charge is 0.465 e. The van der Waals surface area contributed by atoms with E-state index < -0.39 is 0 Å². The number of rotatable bonds is 6. The summed E-state index contributed by atoms with van der Waals surface area (Å²) in [6.45, 7) is 9.97. The van der Waals surface area contributed by atoms with Crippen molar-refractivity contribution < 1.29 is 14.3 Å². The van der Waals surface area contributed by atoms with Crippen LogP contribution in [0.15, 0.2) is 12.1 Å². The number of carbonyl (C=O) groups excluding carboxylic acids is 2. The average molecular weight is 277 g/mol. The second kappa shape index (κ2) is 7.08. The molecular formula is C16H23NO3. The lowest BCUT2D eigenvalue weighted by Crippen LogP contribution is -2.35. The normalized spacial score (nSPS) is 10.2. The molecule has 110 valence electrons. The van der Waals surface area contributed by atoms with Crippen LogP contribution < -0.4 is 4.90 Å². The monoisotopic (exact) mass is 277 g/mol. The highest BCUT2D eigenvalue weighted by Gasteiger charge is 2.18. The number of ketones is 1. The number of hydrogen-bond donors (Lipinski definition) is 0. The number of anilines is 1. The van der Waals surface area contributed by atoms with Gasteiger partial charge in [-0.25, -0.2) is 0 Å². The maximum Gasteiger partial charge on any atom is 0.325 e. The average Bonchev–Trinajstić information content (AvgIpc) is 2.26. The highest BCUT2D eigenvalue weighted by atomic mass is 16.5. The van der Waals surface area contributed by atoms with Crippen LogP contribution in [0.2, 0.25) is 0 Å². The first-order valence-corrected chi connectivity index (χ1v) is 6.83. The van der Waals surface area contributed by atoms with Crippen LogP contribution in [0.4, 0.5) is 5.69 Å². The summed E-state index contributed by atoms with van der Waals surface area (Å²) in [5, 5.41) is 0. The molecule has 0 saturated carbocycles. The molecule has 0 aliphatic rings. The molecule has 4 heteroatoms. The van der Waals surface area contributed by atoms with E-state index >= 15 is 0 Å². The quantitative estimate of drug-likeness (QED) is 0.750. The van der Waals surface area contributed by atoms with Crippen molar-refractivity contribution >= 4 is 17.4 Å². The topological polar surface area (TPSA) is 46.6 Å². The van der Waals surface area contributed by atoms with Gasteiger partial charge in [0.05, 0.1) is 13.2 Å². The first-order chi connectivity index (χ1) is 9.35. The molecule has 0 radical (unpaired) electrons. The molecular weight excluding hydrogens is 254 g/mol. The molecule has 0 bridgehead atoms. The van der Waals surface area contributed by atoms with Gasteiger partial charge in [0, 0.05) is 5.69 Å². The van der Waals surface area contributed by atoms with Gasteiger partial charge < -0.3 is 9.64 Å². The minimum Gasteiger partial charge on any atom is -0.465 e. The molecule has 0 spiro atoms. The number of aryl methyl sites for hydroxylation is 3. The lowest BCUT2D eigenvalue weighted by atomic mass is 10.0. The maximum atomic E-state index is 11.7. The van der Waals surface area contributed by atoms with Gasteiger partial charge in [-0.15, -0.1) is 0 Å². The highest BCUT2D eigenvalue weighted by Crippen LogP contribution is 2.26. The van der Waals surface area contributed by atoms with E-state index in [0.717, 1.165) is 16.8 Å². The molecule has 0 amide bonds. The predicted octanol–water partition coefficient (Wildman–Crippen LogP) is 2.57. The molecule has 0 fully saturated rings. The van der Waals surface area contributed by atoms with E-state index in [1.807, 2.05) is 20.8 Å². The van der Waals surface area contributed by atoms with Crippen molar-refractivity contribution in [3.63, 3.8) is 0 Å². The van der Waals surface area contributed by atoms with Gasteiger partial charge in [0.25, 0.3) is 0 Å². The molecule has 0 aromatic heterocycles. The summed E-state index contributed by atoms with van der Waals surface area (Å²) in [7, 11) is 0. The Balaban J connectivity index is 3.10. The number of hydrogen-bond acceptors (Lipinski definition) is 4. The molecule has 0 aliphatic carbocycles. The molecule has 0 aliphatic heterocycles. The third-order valence-electron chi connectivity index (χ3n) is 2.99. The van der Waals surface area contributed by atoms with Gasteiger partial charge in [0.15, 0.2) is 0 Å². The van der Waals surface area contributed by atoms with Crippen LogP contribution in [0.5, 0.6) is 0 Å². The summed E-state index contributed by atoms with van der Waals surface area (Å²) in [5.74, 6) is -0.290. The van der Waals surface area contributed by atoms with Crippen LogP contribution in [0.3, 0.4) is 0 Å². The first kappa shape index (κ1) is 16.2. The van der Waals surface area contributed by atoms with Gasteiger partial charge in [-0.3, -0.25) is 9.59 Å². The van der Waals surface area contributed by atoms with Gasteiger partial charge in [-0.2, -0.15) is 0 Å². The fraction of sp³-hybridized carbons (Fsp3) is 0.500. The molecule has 1 aromatic carbocycles. The van der Waals surface area contributed by atoms with Crippen molar-refractivity contribution in [1.82, 2.24) is 0 Å². The Morgan fingerprint density at radius 3 is 2.10 bits per heavy atom. The Kier molecular flexibility index (Phi) is 5.74. The summed E-state index contributed by atoms with van der Waals surface area (Å²) < 4.78 is 4.99. The van der Waals surface area contributed by atoms with E-state index in [1.54, 1.807) is 11.8 Å². The van der Waals surface area contributed by atoms with Crippen molar-refractivity contribution in [2.45, 2.75) is 34.6 Å². The Morgan fingerprint density at radius 2 is 1.65 bits per heavy atom. The molecule has 1 rings (SSSR count). The minimum atomic E-state index is -0.312. The predicted molar refractivity (Wildman–Crippen MR) is 80.2 cm³/mol. The number of benzene rings is 1. The van der Waals surface area contributed by atoms with Gasteiger partial charge >= 0.3 is 5.97 Å². The van der Waals surface area contributed by atoms with Crippen LogP contribution in [-0.2, 0) is 14.3 Å². The van der Waals surface area contributed by atoms with Crippen LogP contribution in [0.25, 0.3) is 0 Å². The lowest BCUT2D eigenvalue weighted by Gasteiger charge is -2.26. The number of ether oxygens (including phenoxy) is 1. The molecule has 0 saturated heterocycles. The smallest absolute Gasteiger partial charge is 0.325 e. The van der Waals surface area contributed by atoms with E-state index in [2.05, 4.69) is 12.1 Å². The van der Waals surface area contributed by atoms with Gasteiger partial charge in [0.2, 0.25) is 0 Å². The van der Waals surface area contributed by atoms with Crippen molar-refractivity contribution in [2.24, 2.45) is 0 Å². The Hall–Kier alpha value is -1.84. The summed E-state index contributed by atoms with van der Waals surface area (Å²) in [4.78, 5) is 25.0. The summed E-state index contributed by atoms with van der Waals surface area (Å²) in [5.41, 5.74) is 4.24. The SMILES string of the molecule is CCOC(=O)CN(CC(C)=O)c1c(C)cc(C)cc1C. The third-order valence-corrected chi connectivity index (χ3v) is 2.99. The maximum absolute atomic E-state index is 11.7. The van der Waals surface area contributed by atoms with E-state index in [4.69, 9.17) is 4.74 Å². The minimum absolute atomic E-state index is 0.0219. The van der Waals surface area contributed by atoms with Crippen LogP contribution in [-0.4, -0.2) is 31.4 Å². The van der Waals surface area contributed by atoms with Crippen molar-refractivity contribution in [3.05, 3.63) is 28.8 Å². The van der Waals surface area contributed by atoms with Crippen molar-refractivity contribution in [1.29, 1.82) is 0 Å². The van der Waals surface area contributed by atoms with Crippen LogP contribution in [0.1, 0.15) is 30.5 Å². The molecule has 0 N–H and O–H groups in total. The van der Waals surface area contributed by atoms with E-state index in [0.29, 0.717) is 6.61 Å². The molecule has 20 heavy (non-hydrogen) atoms. The van der Waals surface area contributed by atoms with Gasteiger partial charge in [-0.1, -0.05) is 17.7 Å². The number of carbonyl (C=O) groups is 2. The molecule has 4 nitrogen and oxygen atoms in total. The van der Waals surface area contributed by atoms with E-state index in [9.17, 15) is 9.59 Å². The Labute approximate surface area is 120 Å². The summed E-state index contributed by atoms with van der Waals surface area (Å²) >= 11 is 0. The molecule has 0 unspecified atom stereocenters. The standard InChI is InChI=1S/C16H23NO3/c1-6-20-15(19)10-17(9-14(5)18)16-12(3)7-11(2)8-13(16)4/h7-8H,6,9-10H2,1-5H3. The van der Waals surface area contributed by atoms with Gasteiger partial charge in [0.1, 0.15) is 12.3 Å². The number of nitrogens with zero attached hydrogens (tertiary/aromatic N) is 1. The molecule has 0 heterocycles. The number of esters is 1. The highest BCUT2D eigenvalue weighted by molar-refractivity contribution is 5.85. The zero-order chi connectivity index (χ0) is 15.3. The summed E-state index contributed by atoms with van der Waals surface area (Å²) in [6, 6.07) is 4.11. The lowest BCUT2D eigenvalue weighted by molar-refractivity contribution is -0.141. The second-order valence-corrected chi connectivity index (χ2v) is 5.11. The van der Waals surface area contributed by atoms with Crippen molar-refractivity contribution in [2.75, 3.05) is 24.6 Å². The van der Waals surface area contributed by atoms with E-state index in [1.165, 1.54) is 12.5 Å². The first-order valence-electron chi connectivity index (χ1n) is 6.83. The van der Waals surface area contributed by atoms with Crippen LogP contribution in [0, 0.1) is 20.8 Å². The van der Waals surface area contributed by atoms with Crippen LogP contribution >= 0.6 is 0 Å². The second-order valence-electron chi connectivity index (χ2n) is 5.11. The Bertz CT molecular complexity index is 485. The number of Topliss-reactive ketones (excluding diaryl/α,β-unsaturated/α-hetero) is 1. The molecule has 0 atom stereocenters. The zero-order valence-corrected chi connectivity index (χ0v) is 12.9. The Morgan fingerprint density at radius 1 is 1.10 bits per heavy atom. The zero-order valence-electron chi connectivity index (χ0n) is 12.9. The van der Waals surface area contributed by atoms with Gasteiger partial charge in [-0.05, 0) is 45.7 Å². The van der Waals surface area contributed by atoms with E-state index in [-0.39, 0.29) is 24.8 Å². The third kappa shape index (κ3) is 4.37. The fourth-order valence-corrected chi connectivity index (χ4v) is 2.52. The van der Waals surface area contributed by atoms with Crippen molar-refractivity contribution in [3.8, 4) is 0 Å². The fourth-order valence-electron chi connectivity index (χ4n) is 2.52. The summed E-state index contributed by atoms with van der Waals surface area (Å²) in [6.07, 6.45) is 0.